The number of ether oxygens (including phenoxy) is 1. The Morgan fingerprint density at radius 1 is 1.53 bits per heavy atom. The van der Waals surface area contributed by atoms with Crippen LogP contribution in [-0.4, -0.2) is 28.7 Å². The second kappa shape index (κ2) is 8.64. The highest BCUT2D eigenvalue weighted by molar-refractivity contribution is 7.99. The topological polar surface area (TPSA) is 46.5 Å². The van der Waals surface area contributed by atoms with Crippen molar-refractivity contribution < 1.29 is 14.6 Å². The van der Waals surface area contributed by atoms with Crippen molar-refractivity contribution in [2.75, 3.05) is 12.4 Å². The van der Waals surface area contributed by atoms with Gasteiger partial charge in [-0.3, -0.25) is 0 Å². The molecule has 0 radical (unpaired) electrons. The lowest BCUT2D eigenvalue weighted by Crippen LogP contribution is -2.04. The molecule has 0 amide bonds. The molecule has 4 heteroatoms. The van der Waals surface area contributed by atoms with Crippen LogP contribution in [0.3, 0.4) is 0 Å². The SMILES string of the molecule is CCC(C)SCCOc1cccc(C=CC(=O)O)c1. The van der Waals surface area contributed by atoms with Crippen molar-refractivity contribution in [1.82, 2.24) is 0 Å². The summed E-state index contributed by atoms with van der Waals surface area (Å²) in [5.41, 5.74) is 0.828. The number of carbonyl (C=O) groups is 1. The molecule has 1 unspecified atom stereocenters. The first-order valence-electron chi connectivity index (χ1n) is 6.37. The number of rotatable bonds is 8. The van der Waals surface area contributed by atoms with E-state index in [-0.39, 0.29) is 0 Å². The zero-order valence-corrected chi connectivity index (χ0v) is 12.2. The van der Waals surface area contributed by atoms with E-state index < -0.39 is 5.97 Å². The van der Waals surface area contributed by atoms with Crippen LogP contribution in [0.2, 0.25) is 0 Å². The lowest BCUT2D eigenvalue weighted by molar-refractivity contribution is -0.131. The first-order valence-corrected chi connectivity index (χ1v) is 7.42. The summed E-state index contributed by atoms with van der Waals surface area (Å²) in [6, 6.07) is 7.43. The first-order chi connectivity index (χ1) is 9.11. The molecule has 0 bridgehead atoms. The average Bonchev–Trinajstić information content (AvgIpc) is 2.41. The third-order valence-corrected chi connectivity index (χ3v) is 3.91. The van der Waals surface area contributed by atoms with Crippen LogP contribution in [0.25, 0.3) is 6.08 Å². The molecule has 1 atom stereocenters. The number of thioether (sulfide) groups is 1. The minimum atomic E-state index is -0.948. The molecule has 0 aromatic heterocycles. The van der Waals surface area contributed by atoms with E-state index in [2.05, 4.69) is 13.8 Å². The Kier molecular flexibility index (Phi) is 7.11. The normalized spacial score (nSPS) is 12.5. The molecular formula is C15H20O3S. The van der Waals surface area contributed by atoms with E-state index >= 15 is 0 Å². The van der Waals surface area contributed by atoms with Gasteiger partial charge in [0.25, 0.3) is 0 Å². The molecule has 0 fully saturated rings. The van der Waals surface area contributed by atoms with Crippen molar-refractivity contribution in [3.05, 3.63) is 35.9 Å². The lowest BCUT2D eigenvalue weighted by Gasteiger charge is -2.09. The van der Waals surface area contributed by atoms with Gasteiger partial charge in [-0.15, -0.1) is 0 Å². The number of aliphatic carboxylic acids is 1. The van der Waals surface area contributed by atoms with E-state index in [0.717, 1.165) is 23.1 Å². The maximum absolute atomic E-state index is 10.4. The van der Waals surface area contributed by atoms with Crippen molar-refractivity contribution in [2.24, 2.45) is 0 Å². The quantitative estimate of drug-likeness (QED) is 0.582. The van der Waals surface area contributed by atoms with Gasteiger partial charge in [-0.2, -0.15) is 11.8 Å². The van der Waals surface area contributed by atoms with Crippen LogP contribution >= 0.6 is 11.8 Å². The van der Waals surface area contributed by atoms with Crippen molar-refractivity contribution in [3.8, 4) is 5.75 Å². The Hall–Kier alpha value is -1.42. The van der Waals surface area contributed by atoms with Gasteiger partial charge in [0.05, 0.1) is 6.61 Å². The van der Waals surface area contributed by atoms with Gasteiger partial charge in [0.15, 0.2) is 0 Å². The number of hydrogen-bond acceptors (Lipinski definition) is 3. The van der Waals surface area contributed by atoms with Crippen molar-refractivity contribution in [1.29, 1.82) is 0 Å². The number of benzene rings is 1. The third kappa shape index (κ3) is 6.91. The molecule has 104 valence electrons. The number of carboxylic acid groups (broad SMARTS) is 1. The highest BCUT2D eigenvalue weighted by atomic mass is 32.2. The summed E-state index contributed by atoms with van der Waals surface area (Å²) in [4.78, 5) is 10.4. The zero-order chi connectivity index (χ0) is 14.1. The van der Waals surface area contributed by atoms with Gasteiger partial charge in [0, 0.05) is 17.1 Å². The molecule has 0 spiro atoms. The Bertz CT molecular complexity index is 429. The van der Waals surface area contributed by atoms with Crippen molar-refractivity contribution in [2.45, 2.75) is 25.5 Å². The van der Waals surface area contributed by atoms with Gasteiger partial charge in [-0.05, 0) is 30.2 Å². The average molecular weight is 280 g/mol. The fourth-order valence-corrected chi connectivity index (χ4v) is 2.22. The Labute approximate surface area is 118 Å². The molecule has 1 rings (SSSR count). The van der Waals surface area contributed by atoms with Crippen LogP contribution in [0.5, 0.6) is 5.75 Å². The van der Waals surface area contributed by atoms with E-state index in [4.69, 9.17) is 9.84 Å². The summed E-state index contributed by atoms with van der Waals surface area (Å²) >= 11 is 1.90. The molecule has 0 saturated heterocycles. The van der Waals surface area contributed by atoms with Crippen LogP contribution in [0.15, 0.2) is 30.3 Å². The van der Waals surface area contributed by atoms with Gasteiger partial charge < -0.3 is 9.84 Å². The molecule has 0 heterocycles. The molecule has 1 N–H and O–H groups in total. The first kappa shape index (κ1) is 15.6. The fourth-order valence-electron chi connectivity index (χ4n) is 1.40. The van der Waals surface area contributed by atoms with E-state index in [1.807, 2.05) is 36.0 Å². The fraction of sp³-hybridized carbons (Fsp3) is 0.400. The molecule has 0 aliphatic carbocycles. The molecular weight excluding hydrogens is 260 g/mol. The molecule has 3 nitrogen and oxygen atoms in total. The molecule has 0 aliphatic rings. The Balaban J connectivity index is 2.42. The zero-order valence-electron chi connectivity index (χ0n) is 11.3. The number of carboxylic acids is 1. The monoisotopic (exact) mass is 280 g/mol. The summed E-state index contributed by atoms with van der Waals surface area (Å²) in [6.45, 7) is 5.06. The largest absolute Gasteiger partial charge is 0.493 e. The number of hydrogen-bond donors (Lipinski definition) is 1. The smallest absolute Gasteiger partial charge is 0.328 e. The van der Waals surface area contributed by atoms with Crippen LogP contribution in [0.1, 0.15) is 25.8 Å². The Morgan fingerprint density at radius 2 is 2.32 bits per heavy atom. The molecule has 1 aromatic rings. The van der Waals surface area contributed by atoms with E-state index in [9.17, 15) is 4.79 Å². The lowest BCUT2D eigenvalue weighted by atomic mass is 10.2. The molecule has 19 heavy (non-hydrogen) atoms. The van der Waals surface area contributed by atoms with Crippen molar-refractivity contribution >= 4 is 23.8 Å². The minimum Gasteiger partial charge on any atom is -0.493 e. The third-order valence-electron chi connectivity index (χ3n) is 2.61. The maximum Gasteiger partial charge on any atom is 0.328 e. The van der Waals surface area contributed by atoms with Gasteiger partial charge in [-0.25, -0.2) is 4.79 Å². The summed E-state index contributed by atoms with van der Waals surface area (Å²) < 4.78 is 5.65. The van der Waals surface area contributed by atoms with Crippen LogP contribution in [0, 0.1) is 0 Å². The molecule has 0 saturated carbocycles. The predicted octanol–water partition coefficient (Wildman–Crippen LogP) is 3.69. The predicted molar refractivity (Wildman–Crippen MR) is 80.8 cm³/mol. The standard InChI is InChI=1S/C15H20O3S/c1-3-12(2)19-10-9-18-14-6-4-5-13(11-14)7-8-15(16)17/h4-8,11-12H,3,9-10H2,1-2H3,(H,16,17). The second-order valence-corrected chi connectivity index (χ2v) is 5.73. The van der Waals surface area contributed by atoms with Crippen LogP contribution in [0.4, 0.5) is 0 Å². The molecule has 0 aliphatic heterocycles. The van der Waals surface area contributed by atoms with Gasteiger partial charge in [0.1, 0.15) is 5.75 Å². The highest BCUT2D eigenvalue weighted by Crippen LogP contribution is 2.17. The highest BCUT2D eigenvalue weighted by Gasteiger charge is 2.00. The summed E-state index contributed by atoms with van der Waals surface area (Å²) in [7, 11) is 0. The van der Waals surface area contributed by atoms with E-state index in [1.165, 1.54) is 6.42 Å². The van der Waals surface area contributed by atoms with E-state index in [0.29, 0.717) is 11.9 Å². The molecule has 1 aromatic carbocycles. The Morgan fingerprint density at radius 3 is 3.00 bits per heavy atom. The maximum atomic E-state index is 10.4. The van der Waals surface area contributed by atoms with Gasteiger partial charge in [-0.1, -0.05) is 26.0 Å². The minimum absolute atomic E-state index is 0.661. The second-order valence-electron chi connectivity index (χ2n) is 4.18. The summed E-state index contributed by atoms with van der Waals surface area (Å²) in [5, 5.41) is 9.23. The summed E-state index contributed by atoms with van der Waals surface area (Å²) in [5.74, 6) is 0.790. The van der Waals surface area contributed by atoms with E-state index in [1.54, 1.807) is 6.08 Å². The van der Waals surface area contributed by atoms with Crippen LogP contribution < -0.4 is 4.74 Å². The van der Waals surface area contributed by atoms with Gasteiger partial charge in [0.2, 0.25) is 0 Å². The van der Waals surface area contributed by atoms with Crippen molar-refractivity contribution in [3.63, 3.8) is 0 Å². The van der Waals surface area contributed by atoms with Crippen LogP contribution in [-0.2, 0) is 4.79 Å². The van der Waals surface area contributed by atoms with Gasteiger partial charge >= 0.3 is 5.97 Å². The summed E-state index contributed by atoms with van der Waals surface area (Å²) in [6.07, 6.45) is 3.85.